The Morgan fingerprint density at radius 2 is 2.38 bits per heavy atom. The van der Waals surface area contributed by atoms with Gasteiger partial charge in [0.1, 0.15) is 11.9 Å². The van der Waals surface area contributed by atoms with Crippen LogP contribution in [-0.4, -0.2) is 23.7 Å². The molecule has 0 aromatic heterocycles. The lowest BCUT2D eigenvalue weighted by atomic mass is 10.1. The van der Waals surface area contributed by atoms with E-state index in [0.29, 0.717) is 11.3 Å². The zero-order valence-electron chi connectivity index (χ0n) is 8.83. The number of anilines is 1. The predicted molar refractivity (Wildman–Crippen MR) is 57.5 cm³/mol. The molecule has 3 N–H and O–H groups in total. The molecule has 1 aromatic rings. The summed E-state index contributed by atoms with van der Waals surface area (Å²) in [5.74, 6) is -0.601. The molecule has 1 heterocycles. The summed E-state index contributed by atoms with van der Waals surface area (Å²) in [6.07, 6.45) is 0. The number of aliphatic hydroxyl groups excluding tert-OH is 1. The van der Waals surface area contributed by atoms with Gasteiger partial charge >= 0.3 is 0 Å². The summed E-state index contributed by atoms with van der Waals surface area (Å²) in [6, 6.07) is 3.48. The summed E-state index contributed by atoms with van der Waals surface area (Å²) < 4.78 is 12.9. The molecule has 86 valence electrons. The Labute approximate surface area is 92.5 Å². The van der Waals surface area contributed by atoms with Crippen molar-refractivity contribution in [2.45, 2.75) is 19.0 Å². The first kappa shape index (κ1) is 11.0. The number of aliphatic hydroxyl groups is 1. The van der Waals surface area contributed by atoms with Gasteiger partial charge in [0.25, 0.3) is 0 Å². The minimum absolute atomic E-state index is 0.0552. The van der Waals surface area contributed by atoms with Gasteiger partial charge in [-0.3, -0.25) is 10.1 Å². The van der Waals surface area contributed by atoms with Crippen molar-refractivity contribution in [3.05, 3.63) is 29.6 Å². The van der Waals surface area contributed by atoms with Gasteiger partial charge in [0.2, 0.25) is 5.91 Å². The van der Waals surface area contributed by atoms with Crippen LogP contribution in [-0.2, 0) is 4.79 Å². The lowest BCUT2D eigenvalue weighted by Gasteiger charge is -2.16. The summed E-state index contributed by atoms with van der Waals surface area (Å²) in [7, 11) is 0. The number of carbonyl (C=O) groups excluding carboxylic acids is 1. The third-order valence-corrected chi connectivity index (χ3v) is 2.57. The fourth-order valence-corrected chi connectivity index (χ4v) is 1.74. The van der Waals surface area contributed by atoms with Crippen LogP contribution < -0.4 is 10.6 Å². The molecule has 1 aliphatic rings. The molecular formula is C11H13FN2O2. The molecule has 0 radical (unpaired) electrons. The summed E-state index contributed by atoms with van der Waals surface area (Å²) in [6.45, 7) is 1.72. The first-order valence-electron chi connectivity index (χ1n) is 5.09. The maximum Gasteiger partial charge on any atom is 0.246 e. The summed E-state index contributed by atoms with van der Waals surface area (Å²) in [5, 5.41) is 14.5. The van der Waals surface area contributed by atoms with E-state index in [1.807, 2.05) is 0 Å². The molecule has 4 nitrogen and oxygen atoms in total. The molecule has 0 spiro atoms. The van der Waals surface area contributed by atoms with E-state index in [9.17, 15) is 9.18 Å². The van der Waals surface area contributed by atoms with Gasteiger partial charge in [-0.15, -0.1) is 0 Å². The maximum absolute atomic E-state index is 12.9. The number of hydrogen-bond donors (Lipinski definition) is 3. The molecular weight excluding hydrogens is 211 g/mol. The van der Waals surface area contributed by atoms with E-state index in [-0.39, 0.29) is 24.4 Å². The zero-order valence-corrected chi connectivity index (χ0v) is 8.83. The van der Waals surface area contributed by atoms with Crippen molar-refractivity contribution in [3.63, 3.8) is 0 Å². The Bertz CT molecular complexity index is 422. The SMILES string of the molecule is CC(CO)NC1C(=O)Nc2cc(F)ccc21. The van der Waals surface area contributed by atoms with Crippen molar-refractivity contribution in [3.8, 4) is 0 Å². The van der Waals surface area contributed by atoms with Crippen LogP contribution in [0.1, 0.15) is 18.5 Å². The number of carbonyl (C=O) groups is 1. The van der Waals surface area contributed by atoms with Crippen LogP contribution in [0, 0.1) is 5.82 Å². The van der Waals surface area contributed by atoms with Crippen molar-refractivity contribution in [2.75, 3.05) is 11.9 Å². The number of benzene rings is 1. The molecule has 0 fully saturated rings. The number of rotatable bonds is 3. The van der Waals surface area contributed by atoms with Crippen LogP contribution in [0.3, 0.4) is 0 Å². The van der Waals surface area contributed by atoms with Crippen LogP contribution in [0.2, 0.25) is 0 Å². The highest BCUT2D eigenvalue weighted by Crippen LogP contribution is 2.31. The van der Waals surface area contributed by atoms with Crippen molar-refractivity contribution in [2.24, 2.45) is 0 Å². The highest BCUT2D eigenvalue weighted by atomic mass is 19.1. The zero-order chi connectivity index (χ0) is 11.7. The van der Waals surface area contributed by atoms with Gasteiger partial charge in [0.05, 0.1) is 6.61 Å². The third-order valence-electron chi connectivity index (χ3n) is 2.57. The van der Waals surface area contributed by atoms with E-state index in [4.69, 9.17) is 5.11 Å². The standard InChI is InChI=1S/C11H13FN2O2/c1-6(5-15)13-10-8-3-2-7(12)4-9(8)14-11(10)16/h2-4,6,10,13,15H,5H2,1H3,(H,14,16). The van der Waals surface area contributed by atoms with Gasteiger partial charge < -0.3 is 10.4 Å². The average molecular weight is 224 g/mol. The lowest BCUT2D eigenvalue weighted by molar-refractivity contribution is -0.117. The number of hydrogen-bond acceptors (Lipinski definition) is 3. The Morgan fingerprint density at radius 3 is 3.06 bits per heavy atom. The normalized spacial score (nSPS) is 20.4. The predicted octanol–water partition coefficient (Wildman–Crippen LogP) is 0.789. The topological polar surface area (TPSA) is 61.4 Å². The molecule has 0 bridgehead atoms. The summed E-state index contributed by atoms with van der Waals surface area (Å²) >= 11 is 0. The number of nitrogens with one attached hydrogen (secondary N) is 2. The number of amides is 1. The second-order valence-corrected chi connectivity index (χ2v) is 3.90. The number of halogens is 1. The van der Waals surface area contributed by atoms with Gasteiger partial charge in [-0.05, 0) is 19.1 Å². The Balaban J connectivity index is 2.26. The van der Waals surface area contributed by atoms with Gasteiger partial charge in [-0.1, -0.05) is 6.07 Å². The number of fused-ring (bicyclic) bond motifs is 1. The molecule has 0 saturated heterocycles. The molecule has 2 unspecified atom stereocenters. The van der Waals surface area contributed by atoms with Gasteiger partial charge in [0, 0.05) is 17.3 Å². The minimum Gasteiger partial charge on any atom is -0.395 e. The molecule has 1 aliphatic heterocycles. The van der Waals surface area contributed by atoms with Crippen molar-refractivity contribution in [1.29, 1.82) is 0 Å². The van der Waals surface area contributed by atoms with Crippen molar-refractivity contribution in [1.82, 2.24) is 5.32 Å². The summed E-state index contributed by atoms with van der Waals surface area (Å²) in [5.41, 5.74) is 1.21. The van der Waals surface area contributed by atoms with E-state index in [1.54, 1.807) is 13.0 Å². The molecule has 1 amide bonds. The Kier molecular flexibility index (Phi) is 2.89. The molecule has 0 aliphatic carbocycles. The largest absolute Gasteiger partial charge is 0.395 e. The molecule has 1 aromatic carbocycles. The first-order valence-corrected chi connectivity index (χ1v) is 5.09. The fourth-order valence-electron chi connectivity index (χ4n) is 1.74. The Morgan fingerprint density at radius 1 is 1.62 bits per heavy atom. The van der Waals surface area contributed by atoms with Crippen LogP contribution >= 0.6 is 0 Å². The monoisotopic (exact) mass is 224 g/mol. The lowest BCUT2D eigenvalue weighted by Crippen LogP contribution is -2.36. The molecule has 0 saturated carbocycles. The first-order chi connectivity index (χ1) is 7.61. The highest BCUT2D eigenvalue weighted by Gasteiger charge is 2.31. The van der Waals surface area contributed by atoms with E-state index in [2.05, 4.69) is 10.6 Å². The Hall–Kier alpha value is -1.46. The molecule has 16 heavy (non-hydrogen) atoms. The van der Waals surface area contributed by atoms with Gasteiger partial charge in [0.15, 0.2) is 0 Å². The molecule has 2 atom stereocenters. The van der Waals surface area contributed by atoms with Crippen molar-refractivity contribution >= 4 is 11.6 Å². The highest BCUT2D eigenvalue weighted by molar-refractivity contribution is 6.02. The summed E-state index contributed by atoms with van der Waals surface area (Å²) in [4.78, 5) is 11.6. The second kappa shape index (κ2) is 4.19. The van der Waals surface area contributed by atoms with E-state index in [1.165, 1.54) is 12.1 Å². The fraction of sp³-hybridized carbons (Fsp3) is 0.364. The van der Waals surface area contributed by atoms with Crippen molar-refractivity contribution < 1.29 is 14.3 Å². The van der Waals surface area contributed by atoms with Crippen LogP contribution in [0.5, 0.6) is 0 Å². The van der Waals surface area contributed by atoms with Crippen LogP contribution in [0.25, 0.3) is 0 Å². The van der Waals surface area contributed by atoms with Crippen LogP contribution in [0.4, 0.5) is 10.1 Å². The second-order valence-electron chi connectivity index (χ2n) is 3.90. The average Bonchev–Trinajstić information content (AvgIpc) is 2.54. The van der Waals surface area contributed by atoms with E-state index >= 15 is 0 Å². The third kappa shape index (κ3) is 1.91. The van der Waals surface area contributed by atoms with Gasteiger partial charge in [-0.25, -0.2) is 4.39 Å². The minimum atomic E-state index is -0.516. The van der Waals surface area contributed by atoms with E-state index in [0.717, 1.165) is 0 Å². The quantitative estimate of drug-likeness (QED) is 0.711. The van der Waals surface area contributed by atoms with E-state index < -0.39 is 6.04 Å². The van der Waals surface area contributed by atoms with Gasteiger partial charge in [-0.2, -0.15) is 0 Å². The smallest absolute Gasteiger partial charge is 0.246 e. The molecule has 2 rings (SSSR count). The molecule has 5 heteroatoms. The maximum atomic E-state index is 12.9. The van der Waals surface area contributed by atoms with Crippen LogP contribution in [0.15, 0.2) is 18.2 Å².